The number of rotatable bonds is 2. The first-order valence-corrected chi connectivity index (χ1v) is 5.73. The summed E-state index contributed by atoms with van der Waals surface area (Å²) in [4.78, 5) is 0. The van der Waals surface area contributed by atoms with E-state index in [-0.39, 0.29) is 0 Å². The van der Waals surface area contributed by atoms with E-state index < -0.39 is 0 Å². The minimum Gasteiger partial charge on any atom is -0.382 e. The quantitative estimate of drug-likeness (QED) is 0.782. The maximum atomic E-state index is 5.84. The van der Waals surface area contributed by atoms with Crippen LogP contribution in [0.3, 0.4) is 0 Å². The van der Waals surface area contributed by atoms with Gasteiger partial charge in [-0.1, -0.05) is 11.6 Å². The summed E-state index contributed by atoms with van der Waals surface area (Å²) in [5.74, 6) is 2.01. The van der Waals surface area contributed by atoms with Gasteiger partial charge in [0, 0.05) is 16.8 Å². The molecule has 0 aromatic heterocycles. The van der Waals surface area contributed by atoms with Gasteiger partial charge >= 0.3 is 0 Å². The van der Waals surface area contributed by atoms with Crippen molar-refractivity contribution >= 4 is 17.3 Å². The molecule has 74 valence electrons. The van der Waals surface area contributed by atoms with Crippen LogP contribution in [0.5, 0.6) is 0 Å². The van der Waals surface area contributed by atoms with E-state index >= 15 is 0 Å². The minimum atomic E-state index is 0.723. The number of benzene rings is 1. The standard InChI is InChI=1S/C12H14ClN/c13-9-2-4-10(5-3-9)14-12-6-1-8-7-11(8)12/h2-5,8,11-12,14H,1,6-7H2. The third-order valence-corrected chi connectivity index (χ3v) is 3.79. The average molecular weight is 208 g/mol. The summed E-state index contributed by atoms with van der Waals surface area (Å²) in [5.41, 5.74) is 1.21. The normalized spacial score (nSPS) is 33.9. The van der Waals surface area contributed by atoms with Crippen LogP contribution in [0.1, 0.15) is 19.3 Å². The van der Waals surface area contributed by atoms with E-state index in [0.29, 0.717) is 0 Å². The summed E-state index contributed by atoms with van der Waals surface area (Å²) >= 11 is 5.84. The van der Waals surface area contributed by atoms with E-state index in [1.165, 1.54) is 24.9 Å². The van der Waals surface area contributed by atoms with Crippen LogP contribution in [0.15, 0.2) is 24.3 Å². The first-order valence-electron chi connectivity index (χ1n) is 5.35. The molecule has 2 aliphatic rings. The van der Waals surface area contributed by atoms with Gasteiger partial charge in [0.15, 0.2) is 0 Å². The lowest BCUT2D eigenvalue weighted by atomic mass is 10.1. The second-order valence-electron chi connectivity index (χ2n) is 4.49. The van der Waals surface area contributed by atoms with Crippen molar-refractivity contribution in [1.29, 1.82) is 0 Å². The van der Waals surface area contributed by atoms with Crippen molar-refractivity contribution in [1.82, 2.24) is 0 Å². The zero-order valence-corrected chi connectivity index (χ0v) is 8.80. The summed E-state index contributed by atoms with van der Waals surface area (Å²) in [7, 11) is 0. The van der Waals surface area contributed by atoms with Crippen LogP contribution < -0.4 is 5.32 Å². The van der Waals surface area contributed by atoms with E-state index in [2.05, 4.69) is 17.4 Å². The van der Waals surface area contributed by atoms with Gasteiger partial charge in [-0.25, -0.2) is 0 Å². The van der Waals surface area contributed by atoms with Crippen molar-refractivity contribution in [3.63, 3.8) is 0 Å². The van der Waals surface area contributed by atoms with Crippen molar-refractivity contribution in [3.05, 3.63) is 29.3 Å². The molecule has 0 saturated heterocycles. The van der Waals surface area contributed by atoms with E-state index in [0.717, 1.165) is 22.9 Å². The Hall–Kier alpha value is -0.690. The molecule has 0 bridgehead atoms. The molecule has 0 amide bonds. The van der Waals surface area contributed by atoms with Crippen LogP contribution in [-0.4, -0.2) is 6.04 Å². The molecule has 2 heteroatoms. The molecular formula is C12H14ClN. The monoisotopic (exact) mass is 207 g/mol. The highest BCUT2D eigenvalue weighted by Gasteiger charge is 2.47. The second-order valence-corrected chi connectivity index (χ2v) is 4.93. The molecule has 0 aliphatic heterocycles. The van der Waals surface area contributed by atoms with Gasteiger partial charge in [-0.05, 0) is 55.4 Å². The van der Waals surface area contributed by atoms with E-state index in [4.69, 9.17) is 11.6 Å². The van der Waals surface area contributed by atoms with Crippen molar-refractivity contribution in [3.8, 4) is 0 Å². The Morgan fingerprint density at radius 3 is 2.50 bits per heavy atom. The van der Waals surface area contributed by atoms with Crippen LogP contribution in [-0.2, 0) is 0 Å². The van der Waals surface area contributed by atoms with Gasteiger partial charge in [-0.2, -0.15) is 0 Å². The van der Waals surface area contributed by atoms with Gasteiger partial charge < -0.3 is 5.32 Å². The largest absolute Gasteiger partial charge is 0.382 e. The lowest BCUT2D eigenvalue weighted by Crippen LogP contribution is -2.18. The maximum Gasteiger partial charge on any atom is 0.0407 e. The summed E-state index contributed by atoms with van der Waals surface area (Å²) in [6.07, 6.45) is 4.22. The molecule has 2 saturated carbocycles. The van der Waals surface area contributed by atoms with Gasteiger partial charge in [0.25, 0.3) is 0 Å². The lowest BCUT2D eigenvalue weighted by molar-refractivity contribution is 0.654. The Balaban J connectivity index is 1.69. The Morgan fingerprint density at radius 2 is 1.93 bits per heavy atom. The molecule has 1 aromatic rings. The first-order chi connectivity index (χ1) is 6.83. The molecule has 3 rings (SSSR count). The summed E-state index contributed by atoms with van der Waals surface area (Å²) < 4.78 is 0. The molecule has 3 atom stereocenters. The second kappa shape index (κ2) is 3.16. The van der Waals surface area contributed by atoms with Crippen molar-refractivity contribution in [2.75, 3.05) is 5.32 Å². The highest BCUT2D eigenvalue weighted by molar-refractivity contribution is 6.30. The molecule has 2 aliphatic carbocycles. The fourth-order valence-corrected chi connectivity index (χ4v) is 2.77. The third-order valence-electron chi connectivity index (χ3n) is 3.54. The first kappa shape index (κ1) is 8.60. The number of fused-ring (bicyclic) bond motifs is 1. The van der Waals surface area contributed by atoms with Gasteiger partial charge in [0.1, 0.15) is 0 Å². The van der Waals surface area contributed by atoms with E-state index in [1.807, 2.05) is 12.1 Å². The molecule has 1 aromatic carbocycles. The highest BCUT2D eigenvalue weighted by atomic mass is 35.5. The van der Waals surface area contributed by atoms with Crippen LogP contribution in [0.2, 0.25) is 5.02 Å². The van der Waals surface area contributed by atoms with Gasteiger partial charge in [0.05, 0.1) is 0 Å². The molecule has 0 radical (unpaired) electrons. The molecular weight excluding hydrogens is 194 g/mol. The molecule has 3 unspecified atom stereocenters. The predicted octanol–water partition coefficient (Wildman–Crippen LogP) is 3.55. The zero-order chi connectivity index (χ0) is 9.54. The van der Waals surface area contributed by atoms with E-state index in [9.17, 15) is 0 Å². The number of halogens is 1. The van der Waals surface area contributed by atoms with Crippen molar-refractivity contribution in [2.45, 2.75) is 25.3 Å². The Morgan fingerprint density at radius 1 is 1.14 bits per heavy atom. The number of anilines is 1. The molecule has 2 fully saturated rings. The van der Waals surface area contributed by atoms with Crippen LogP contribution in [0.4, 0.5) is 5.69 Å². The van der Waals surface area contributed by atoms with Crippen molar-refractivity contribution < 1.29 is 0 Å². The number of nitrogens with one attached hydrogen (secondary N) is 1. The summed E-state index contributed by atoms with van der Waals surface area (Å²) in [5, 5.41) is 4.41. The minimum absolute atomic E-state index is 0.723. The lowest BCUT2D eigenvalue weighted by Gasteiger charge is -2.15. The maximum absolute atomic E-state index is 5.84. The van der Waals surface area contributed by atoms with Crippen LogP contribution >= 0.6 is 11.6 Å². The molecule has 0 heterocycles. The Kier molecular flexibility index (Phi) is 1.94. The molecule has 14 heavy (non-hydrogen) atoms. The molecule has 1 nitrogen and oxygen atoms in total. The van der Waals surface area contributed by atoms with Crippen LogP contribution in [0.25, 0.3) is 0 Å². The van der Waals surface area contributed by atoms with Gasteiger partial charge in [-0.15, -0.1) is 0 Å². The summed E-state index contributed by atoms with van der Waals surface area (Å²) in [6, 6.07) is 8.75. The van der Waals surface area contributed by atoms with Gasteiger partial charge in [0.2, 0.25) is 0 Å². The van der Waals surface area contributed by atoms with E-state index in [1.54, 1.807) is 0 Å². The zero-order valence-electron chi connectivity index (χ0n) is 8.04. The molecule has 1 N–H and O–H groups in total. The Labute approximate surface area is 89.5 Å². The molecule has 0 spiro atoms. The smallest absolute Gasteiger partial charge is 0.0407 e. The SMILES string of the molecule is Clc1ccc(NC2CCC3CC32)cc1. The van der Waals surface area contributed by atoms with Crippen molar-refractivity contribution in [2.24, 2.45) is 11.8 Å². The third kappa shape index (κ3) is 1.50. The fraction of sp³-hybridized carbons (Fsp3) is 0.500. The summed E-state index contributed by atoms with van der Waals surface area (Å²) in [6.45, 7) is 0. The fourth-order valence-electron chi connectivity index (χ4n) is 2.64. The average Bonchev–Trinajstić information content (AvgIpc) is 2.88. The Bertz CT molecular complexity index is 333. The highest BCUT2D eigenvalue weighted by Crippen LogP contribution is 2.52. The van der Waals surface area contributed by atoms with Gasteiger partial charge in [-0.3, -0.25) is 0 Å². The topological polar surface area (TPSA) is 12.0 Å². The number of hydrogen-bond donors (Lipinski definition) is 1. The predicted molar refractivity (Wildman–Crippen MR) is 59.7 cm³/mol. The number of hydrogen-bond acceptors (Lipinski definition) is 1. The van der Waals surface area contributed by atoms with Crippen LogP contribution in [0, 0.1) is 11.8 Å².